The van der Waals surface area contributed by atoms with Gasteiger partial charge in [0.1, 0.15) is 0 Å². The Kier molecular flexibility index (Phi) is 3.02. The number of hydrogen-bond donors (Lipinski definition) is 2. The van der Waals surface area contributed by atoms with Crippen molar-refractivity contribution in [1.82, 2.24) is 10.2 Å². The Morgan fingerprint density at radius 2 is 2.06 bits per heavy atom. The fourth-order valence-corrected chi connectivity index (χ4v) is 2.39. The first kappa shape index (κ1) is 12.2. The Bertz CT molecular complexity index is 339. The molecule has 5 heteroatoms. The quantitative estimate of drug-likeness (QED) is 0.781. The Morgan fingerprint density at radius 1 is 1.41 bits per heavy atom. The predicted octanol–water partition coefficient (Wildman–Crippen LogP) is 1.29. The lowest BCUT2D eigenvalue weighted by Crippen LogP contribution is -2.44. The van der Waals surface area contributed by atoms with Gasteiger partial charge in [0, 0.05) is 19.1 Å². The standard InChI is InChI=1S/C12H20N2O3/c1-8(2)12(10(15)16)5-6-14(7-12)11(17)13-9-3-4-9/h8-9H,3-7H2,1-2H3,(H,13,17)(H,15,16). The average Bonchev–Trinajstić information content (AvgIpc) is 2.94. The van der Waals surface area contributed by atoms with Gasteiger partial charge >= 0.3 is 12.0 Å². The summed E-state index contributed by atoms with van der Waals surface area (Å²) in [4.78, 5) is 24.9. The molecule has 1 saturated carbocycles. The molecule has 1 saturated heterocycles. The smallest absolute Gasteiger partial charge is 0.317 e. The number of hydrogen-bond acceptors (Lipinski definition) is 2. The minimum atomic E-state index is -0.783. The number of carbonyl (C=O) groups is 2. The number of nitrogens with zero attached hydrogens (tertiary/aromatic N) is 1. The summed E-state index contributed by atoms with van der Waals surface area (Å²) in [6, 6.07) is 0.220. The van der Waals surface area contributed by atoms with E-state index in [4.69, 9.17) is 0 Å². The van der Waals surface area contributed by atoms with E-state index in [1.807, 2.05) is 13.8 Å². The van der Waals surface area contributed by atoms with Crippen LogP contribution < -0.4 is 5.32 Å². The molecule has 5 nitrogen and oxygen atoms in total. The van der Waals surface area contributed by atoms with Gasteiger partial charge in [0.25, 0.3) is 0 Å². The van der Waals surface area contributed by atoms with Crippen molar-refractivity contribution in [2.75, 3.05) is 13.1 Å². The fourth-order valence-electron chi connectivity index (χ4n) is 2.39. The van der Waals surface area contributed by atoms with Crippen LogP contribution in [0.15, 0.2) is 0 Å². The van der Waals surface area contributed by atoms with Gasteiger partial charge in [-0.3, -0.25) is 4.79 Å². The van der Waals surface area contributed by atoms with Gasteiger partial charge in [0.05, 0.1) is 5.41 Å². The highest BCUT2D eigenvalue weighted by atomic mass is 16.4. The van der Waals surface area contributed by atoms with Crippen molar-refractivity contribution in [2.24, 2.45) is 11.3 Å². The molecule has 1 unspecified atom stereocenters. The van der Waals surface area contributed by atoms with Gasteiger partial charge in [-0.25, -0.2) is 4.79 Å². The van der Waals surface area contributed by atoms with Gasteiger partial charge in [-0.15, -0.1) is 0 Å². The van der Waals surface area contributed by atoms with Crippen LogP contribution in [0.4, 0.5) is 4.79 Å². The van der Waals surface area contributed by atoms with E-state index < -0.39 is 11.4 Å². The molecule has 1 aliphatic carbocycles. The maximum absolute atomic E-state index is 11.9. The third-order valence-corrected chi connectivity index (χ3v) is 4.02. The Balaban J connectivity index is 2.00. The van der Waals surface area contributed by atoms with Crippen LogP contribution in [0.5, 0.6) is 0 Å². The summed E-state index contributed by atoms with van der Waals surface area (Å²) in [5.74, 6) is -0.743. The minimum Gasteiger partial charge on any atom is -0.481 e. The molecule has 17 heavy (non-hydrogen) atoms. The van der Waals surface area contributed by atoms with E-state index in [2.05, 4.69) is 5.32 Å². The monoisotopic (exact) mass is 240 g/mol. The summed E-state index contributed by atoms with van der Waals surface area (Å²) in [6.07, 6.45) is 2.65. The van der Waals surface area contributed by atoms with Gasteiger partial charge in [0.2, 0.25) is 0 Å². The number of carboxylic acid groups (broad SMARTS) is 1. The first-order valence-corrected chi connectivity index (χ1v) is 6.24. The highest BCUT2D eigenvalue weighted by molar-refractivity contribution is 5.80. The second-order valence-electron chi connectivity index (χ2n) is 5.51. The number of amides is 2. The maximum Gasteiger partial charge on any atom is 0.317 e. The molecule has 2 amide bonds. The third kappa shape index (κ3) is 2.23. The second kappa shape index (κ2) is 4.20. The molecular weight excluding hydrogens is 220 g/mol. The van der Waals surface area contributed by atoms with Crippen molar-refractivity contribution in [3.8, 4) is 0 Å². The van der Waals surface area contributed by atoms with Crippen LogP contribution in [0.3, 0.4) is 0 Å². The first-order valence-electron chi connectivity index (χ1n) is 6.24. The van der Waals surface area contributed by atoms with Gasteiger partial charge in [-0.1, -0.05) is 13.8 Å². The Labute approximate surface area is 101 Å². The number of likely N-dealkylation sites (tertiary alicyclic amines) is 1. The van der Waals surface area contributed by atoms with Crippen molar-refractivity contribution >= 4 is 12.0 Å². The lowest BCUT2D eigenvalue weighted by Gasteiger charge is -2.28. The molecule has 0 bridgehead atoms. The number of carboxylic acids is 1. The summed E-state index contributed by atoms with van der Waals surface area (Å²) in [6.45, 7) is 4.70. The normalized spacial score (nSPS) is 28.5. The number of carbonyl (C=O) groups excluding carboxylic acids is 1. The van der Waals surface area contributed by atoms with Gasteiger partial charge < -0.3 is 15.3 Å². The van der Waals surface area contributed by atoms with Gasteiger partial charge in [-0.2, -0.15) is 0 Å². The van der Waals surface area contributed by atoms with Gasteiger partial charge in [0.15, 0.2) is 0 Å². The zero-order valence-electron chi connectivity index (χ0n) is 10.4. The molecule has 2 rings (SSSR count). The fraction of sp³-hybridized carbons (Fsp3) is 0.833. The lowest BCUT2D eigenvalue weighted by atomic mass is 9.76. The summed E-state index contributed by atoms with van der Waals surface area (Å²) in [5.41, 5.74) is -0.763. The molecule has 1 heterocycles. The van der Waals surface area contributed by atoms with Crippen molar-refractivity contribution in [2.45, 2.75) is 39.2 Å². The molecule has 2 aliphatic rings. The van der Waals surface area contributed by atoms with Crippen LogP contribution in [0.1, 0.15) is 33.1 Å². The van der Waals surface area contributed by atoms with Crippen LogP contribution in [0.2, 0.25) is 0 Å². The van der Waals surface area contributed by atoms with Crippen LogP contribution in [-0.4, -0.2) is 41.1 Å². The summed E-state index contributed by atoms with van der Waals surface area (Å²) in [7, 11) is 0. The van der Waals surface area contributed by atoms with Gasteiger partial charge in [-0.05, 0) is 25.2 Å². The summed E-state index contributed by atoms with van der Waals surface area (Å²) < 4.78 is 0. The highest BCUT2D eigenvalue weighted by Crippen LogP contribution is 2.38. The van der Waals surface area contributed by atoms with E-state index in [0.717, 1.165) is 12.8 Å². The van der Waals surface area contributed by atoms with E-state index in [1.54, 1.807) is 4.90 Å². The van der Waals surface area contributed by atoms with Crippen molar-refractivity contribution < 1.29 is 14.7 Å². The maximum atomic E-state index is 11.9. The number of rotatable bonds is 3. The molecule has 0 radical (unpaired) electrons. The van der Waals surface area contributed by atoms with Crippen molar-refractivity contribution in [1.29, 1.82) is 0 Å². The average molecular weight is 240 g/mol. The minimum absolute atomic E-state index is 0.0405. The largest absolute Gasteiger partial charge is 0.481 e. The zero-order valence-corrected chi connectivity index (χ0v) is 10.4. The summed E-state index contributed by atoms with van der Waals surface area (Å²) in [5, 5.41) is 12.3. The van der Waals surface area contributed by atoms with Crippen LogP contribution in [0.25, 0.3) is 0 Å². The molecule has 2 fully saturated rings. The van der Waals surface area contributed by atoms with E-state index in [0.29, 0.717) is 25.6 Å². The SMILES string of the molecule is CC(C)C1(C(=O)O)CCN(C(=O)NC2CC2)C1. The molecule has 2 N–H and O–H groups in total. The number of nitrogens with one attached hydrogen (secondary N) is 1. The predicted molar refractivity (Wildman–Crippen MR) is 62.7 cm³/mol. The first-order chi connectivity index (χ1) is 7.95. The van der Waals surface area contributed by atoms with Crippen molar-refractivity contribution in [3.05, 3.63) is 0 Å². The van der Waals surface area contributed by atoms with Crippen LogP contribution in [0, 0.1) is 11.3 Å². The molecule has 0 aromatic heterocycles. The van der Waals surface area contributed by atoms with E-state index in [1.165, 1.54) is 0 Å². The highest BCUT2D eigenvalue weighted by Gasteiger charge is 2.48. The molecule has 1 atom stereocenters. The van der Waals surface area contributed by atoms with E-state index >= 15 is 0 Å². The van der Waals surface area contributed by atoms with E-state index in [9.17, 15) is 14.7 Å². The molecule has 96 valence electrons. The van der Waals surface area contributed by atoms with Crippen LogP contribution in [-0.2, 0) is 4.79 Å². The Morgan fingerprint density at radius 3 is 2.47 bits per heavy atom. The summed E-state index contributed by atoms with van der Waals surface area (Å²) >= 11 is 0. The molecule has 0 spiro atoms. The molecular formula is C12H20N2O3. The van der Waals surface area contributed by atoms with Crippen molar-refractivity contribution in [3.63, 3.8) is 0 Å². The zero-order chi connectivity index (χ0) is 12.6. The van der Waals surface area contributed by atoms with E-state index in [-0.39, 0.29) is 11.9 Å². The van der Waals surface area contributed by atoms with Crippen LogP contribution >= 0.6 is 0 Å². The molecule has 1 aliphatic heterocycles. The molecule has 0 aromatic carbocycles. The topological polar surface area (TPSA) is 69.6 Å². The number of urea groups is 1. The Hall–Kier alpha value is -1.26. The second-order valence-corrected chi connectivity index (χ2v) is 5.51. The number of aliphatic carboxylic acids is 1. The molecule has 0 aromatic rings. The third-order valence-electron chi connectivity index (χ3n) is 4.02. The lowest BCUT2D eigenvalue weighted by molar-refractivity contribution is -0.150.